The van der Waals surface area contributed by atoms with Gasteiger partial charge in [0.15, 0.2) is 16.4 Å². The highest BCUT2D eigenvalue weighted by Gasteiger charge is 2.42. The lowest BCUT2D eigenvalue weighted by Crippen LogP contribution is -2.44. The molecule has 0 spiro atoms. The van der Waals surface area contributed by atoms with E-state index in [1.54, 1.807) is 4.90 Å². The summed E-state index contributed by atoms with van der Waals surface area (Å²) in [4.78, 5) is 26.3. The molecule has 1 atom stereocenters. The van der Waals surface area contributed by atoms with E-state index in [0.29, 0.717) is 12.2 Å². The Morgan fingerprint density at radius 1 is 1.23 bits per heavy atom. The number of rotatable bonds is 6. The molecule has 26 heavy (non-hydrogen) atoms. The Bertz CT molecular complexity index is 816. The molecule has 1 aliphatic heterocycles. The quantitative estimate of drug-likeness (QED) is 0.721. The fourth-order valence-corrected chi connectivity index (χ4v) is 4.85. The summed E-state index contributed by atoms with van der Waals surface area (Å²) in [6, 6.07) is 3.78. The van der Waals surface area contributed by atoms with E-state index in [1.807, 2.05) is 0 Å². The van der Waals surface area contributed by atoms with Crippen LogP contribution in [0.1, 0.15) is 29.6 Å². The second kappa shape index (κ2) is 7.14. The van der Waals surface area contributed by atoms with Crippen molar-refractivity contribution in [1.82, 2.24) is 4.90 Å². The van der Waals surface area contributed by atoms with Crippen molar-refractivity contribution in [3.8, 4) is 11.5 Å². The molecule has 2 aliphatic rings. The molecule has 0 radical (unpaired) electrons. The second-order valence-corrected chi connectivity index (χ2v) is 8.78. The number of esters is 1. The molecular formula is C17H21NO7S. The molecule has 8 nitrogen and oxygen atoms in total. The Hall–Kier alpha value is -2.29. The van der Waals surface area contributed by atoms with Crippen molar-refractivity contribution < 1.29 is 32.6 Å². The van der Waals surface area contributed by atoms with Crippen LogP contribution in [0.2, 0.25) is 0 Å². The summed E-state index contributed by atoms with van der Waals surface area (Å²) in [7, 11) is -1.69. The van der Waals surface area contributed by atoms with Crippen molar-refractivity contribution in [3.63, 3.8) is 0 Å². The minimum atomic E-state index is -3.12. The Balaban J connectivity index is 1.64. The van der Waals surface area contributed by atoms with Crippen LogP contribution in [0.25, 0.3) is 0 Å². The van der Waals surface area contributed by atoms with Crippen molar-refractivity contribution in [1.29, 1.82) is 0 Å². The van der Waals surface area contributed by atoms with Gasteiger partial charge in [0.25, 0.3) is 5.91 Å². The van der Waals surface area contributed by atoms with Crippen LogP contribution in [0.15, 0.2) is 18.2 Å². The summed E-state index contributed by atoms with van der Waals surface area (Å²) < 4.78 is 33.4. The van der Waals surface area contributed by atoms with Gasteiger partial charge >= 0.3 is 5.97 Å². The van der Waals surface area contributed by atoms with Gasteiger partial charge in [-0.15, -0.1) is 0 Å². The first-order chi connectivity index (χ1) is 12.3. The normalized spacial score (nSPS) is 21.2. The monoisotopic (exact) mass is 383 g/mol. The summed E-state index contributed by atoms with van der Waals surface area (Å²) in [5.74, 6) is -1.12. The van der Waals surface area contributed by atoms with Crippen LogP contribution in [0.4, 0.5) is 0 Å². The van der Waals surface area contributed by atoms with Gasteiger partial charge in [-0.3, -0.25) is 4.79 Å². The van der Waals surface area contributed by atoms with Crippen LogP contribution in [-0.4, -0.2) is 67.6 Å². The first kappa shape index (κ1) is 18.5. The van der Waals surface area contributed by atoms with Gasteiger partial charge in [-0.1, -0.05) is 0 Å². The number of sulfone groups is 1. The number of ether oxygens (including phenoxy) is 2. The predicted octanol–water partition coefficient (Wildman–Crippen LogP) is 0.736. The number of nitrogens with zero attached hydrogens (tertiary/aromatic N) is 1. The number of hydrogen-bond acceptors (Lipinski definition) is 7. The van der Waals surface area contributed by atoms with Crippen LogP contribution < -0.4 is 4.74 Å². The molecule has 1 amide bonds. The summed E-state index contributed by atoms with van der Waals surface area (Å²) in [6.45, 7) is -0.497. The SMILES string of the molecule is COc1ccc(O)c(C(=O)OCC(=O)N(C2CC2)[C@H]2CCS(=O)(=O)C2)c1. The summed E-state index contributed by atoms with van der Waals surface area (Å²) in [5.41, 5.74) is -0.0985. The molecule has 1 saturated carbocycles. The van der Waals surface area contributed by atoms with E-state index in [1.165, 1.54) is 25.3 Å². The van der Waals surface area contributed by atoms with Gasteiger partial charge < -0.3 is 19.5 Å². The minimum Gasteiger partial charge on any atom is -0.507 e. The molecule has 3 rings (SSSR count). The van der Waals surface area contributed by atoms with Gasteiger partial charge in [0.05, 0.1) is 18.6 Å². The lowest BCUT2D eigenvalue weighted by Gasteiger charge is -2.28. The highest BCUT2D eigenvalue weighted by atomic mass is 32.2. The zero-order chi connectivity index (χ0) is 18.9. The summed E-state index contributed by atoms with van der Waals surface area (Å²) in [5, 5.41) is 9.79. The van der Waals surface area contributed by atoms with Crippen LogP contribution in [0, 0.1) is 0 Å². The first-order valence-corrected chi connectivity index (χ1v) is 10.2. The van der Waals surface area contributed by atoms with E-state index in [-0.39, 0.29) is 34.9 Å². The zero-order valence-corrected chi connectivity index (χ0v) is 15.2. The number of phenols is 1. The molecule has 142 valence electrons. The van der Waals surface area contributed by atoms with Gasteiger partial charge in [0, 0.05) is 12.1 Å². The summed E-state index contributed by atoms with van der Waals surface area (Å²) >= 11 is 0. The van der Waals surface area contributed by atoms with Crippen LogP contribution >= 0.6 is 0 Å². The molecule has 0 bridgehead atoms. The van der Waals surface area contributed by atoms with Crippen molar-refractivity contribution in [2.24, 2.45) is 0 Å². The van der Waals surface area contributed by atoms with Gasteiger partial charge in [0.1, 0.15) is 17.1 Å². The molecule has 9 heteroatoms. The predicted molar refractivity (Wildman–Crippen MR) is 91.9 cm³/mol. The number of carbonyl (C=O) groups is 2. The zero-order valence-electron chi connectivity index (χ0n) is 14.4. The largest absolute Gasteiger partial charge is 0.507 e. The number of amides is 1. The molecule has 1 aromatic carbocycles. The lowest BCUT2D eigenvalue weighted by molar-refractivity contribution is -0.137. The molecule has 0 unspecified atom stereocenters. The smallest absolute Gasteiger partial charge is 0.342 e. The van der Waals surface area contributed by atoms with E-state index in [9.17, 15) is 23.1 Å². The molecule has 1 aliphatic carbocycles. The second-order valence-electron chi connectivity index (χ2n) is 6.55. The van der Waals surface area contributed by atoms with Crippen LogP contribution in [-0.2, 0) is 19.4 Å². The molecule has 1 heterocycles. The molecule has 1 saturated heterocycles. The van der Waals surface area contributed by atoms with Gasteiger partial charge in [-0.25, -0.2) is 13.2 Å². The third-order valence-electron chi connectivity index (χ3n) is 4.58. The van der Waals surface area contributed by atoms with E-state index >= 15 is 0 Å². The summed E-state index contributed by atoms with van der Waals surface area (Å²) in [6.07, 6.45) is 2.06. The Labute approximate surface area is 151 Å². The van der Waals surface area contributed by atoms with Gasteiger partial charge in [-0.2, -0.15) is 0 Å². The van der Waals surface area contributed by atoms with Gasteiger partial charge in [0.2, 0.25) is 0 Å². The number of benzene rings is 1. The lowest BCUT2D eigenvalue weighted by atomic mass is 10.2. The maximum absolute atomic E-state index is 12.5. The molecular weight excluding hydrogens is 362 g/mol. The van der Waals surface area contributed by atoms with Crippen molar-refractivity contribution >= 4 is 21.7 Å². The highest BCUT2D eigenvalue weighted by Crippen LogP contribution is 2.32. The average molecular weight is 383 g/mol. The fraction of sp³-hybridized carbons (Fsp3) is 0.529. The molecule has 2 fully saturated rings. The van der Waals surface area contributed by atoms with Crippen LogP contribution in [0.3, 0.4) is 0 Å². The highest BCUT2D eigenvalue weighted by molar-refractivity contribution is 7.91. The van der Waals surface area contributed by atoms with Crippen LogP contribution in [0.5, 0.6) is 11.5 Å². The third-order valence-corrected chi connectivity index (χ3v) is 6.33. The topological polar surface area (TPSA) is 110 Å². The third kappa shape index (κ3) is 4.09. The minimum absolute atomic E-state index is 0.0183. The Morgan fingerprint density at radius 3 is 2.54 bits per heavy atom. The number of carbonyl (C=O) groups excluding carboxylic acids is 2. The molecule has 1 N–H and O–H groups in total. The van der Waals surface area contributed by atoms with Crippen molar-refractivity contribution in [3.05, 3.63) is 23.8 Å². The van der Waals surface area contributed by atoms with E-state index < -0.39 is 28.3 Å². The number of methoxy groups -OCH3 is 1. The maximum Gasteiger partial charge on any atom is 0.342 e. The standard InChI is InChI=1S/C17H21NO7S/c1-24-13-4-5-15(19)14(8-13)17(21)25-9-16(20)18(11-2-3-11)12-6-7-26(22,23)10-12/h4-5,8,11-12,19H,2-3,6-7,9-10H2,1H3/t12-/m0/s1. The van der Waals surface area contributed by atoms with Gasteiger partial charge in [-0.05, 0) is 37.5 Å². The average Bonchev–Trinajstić information content (AvgIpc) is 3.36. The van der Waals surface area contributed by atoms with Crippen molar-refractivity contribution in [2.75, 3.05) is 25.2 Å². The molecule has 0 aromatic heterocycles. The molecule has 1 aromatic rings. The Morgan fingerprint density at radius 2 is 1.96 bits per heavy atom. The maximum atomic E-state index is 12.5. The van der Waals surface area contributed by atoms with E-state index in [2.05, 4.69) is 0 Å². The van der Waals surface area contributed by atoms with Crippen molar-refractivity contribution in [2.45, 2.75) is 31.3 Å². The fourth-order valence-electron chi connectivity index (χ4n) is 3.14. The van der Waals surface area contributed by atoms with E-state index in [4.69, 9.17) is 9.47 Å². The Kier molecular flexibility index (Phi) is 5.08. The first-order valence-electron chi connectivity index (χ1n) is 8.36. The number of phenolic OH excluding ortho intramolecular Hbond substituents is 1. The number of hydrogen-bond donors (Lipinski definition) is 1. The number of aromatic hydroxyl groups is 1. The van der Waals surface area contributed by atoms with E-state index in [0.717, 1.165) is 12.8 Å².